The molecule has 3 fully saturated rings. The Hall–Kier alpha value is -2.24. The molecule has 3 amide bonds. The van der Waals surface area contributed by atoms with E-state index in [0.717, 1.165) is 0 Å². The van der Waals surface area contributed by atoms with E-state index in [-0.39, 0.29) is 48.3 Å². The minimum Gasteiger partial charge on any atom is -0.460 e. The average Bonchev–Trinajstić information content (AvgIpc) is 3.48. The highest BCUT2D eigenvalue weighted by Gasteiger charge is 2.77. The number of halogens is 1. The molecule has 39 heavy (non-hydrogen) atoms. The van der Waals surface area contributed by atoms with Crippen LogP contribution in [0.5, 0.6) is 0 Å². The summed E-state index contributed by atoms with van der Waals surface area (Å²) in [4.78, 5) is 56.5. The Morgan fingerprint density at radius 1 is 1.31 bits per heavy atom. The van der Waals surface area contributed by atoms with Crippen molar-refractivity contribution in [2.45, 2.75) is 94.1 Å². The van der Waals surface area contributed by atoms with Crippen molar-refractivity contribution in [2.75, 3.05) is 19.7 Å². The smallest absolute Gasteiger partial charge is 0.312 e. The van der Waals surface area contributed by atoms with E-state index in [1.54, 1.807) is 24.0 Å². The number of hydrogen-bond donors (Lipinski definition) is 2. The fraction of sp³-hybridized carbons (Fsp3) is 0.714. The maximum atomic E-state index is 14.1. The molecule has 0 aromatic rings. The first-order valence-electron chi connectivity index (χ1n) is 13.7. The van der Waals surface area contributed by atoms with E-state index in [2.05, 4.69) is 34.4 Å². The Kier molecular flexibility index (Phi) is 10.4. The van der Waals surface area contributed by atoms with Crippen LogP contribution in [0, 0.1) is 11.8 Å². The number of carbonyl (C=O) groups is 4. The molecular weight excluding hydrogens is 570 g/mol. The summed E-state index contributed by atoms with van der Waals surface area (Å²) in [7, 11) is 0. The van der Waals surface area contributed by atoms with E-state index in [0.29, 0.717) is 25.7 Å². The first kappa shape index (κ1) is 31.3. The van der Waals surface area contributed by atoms with Gasteiger partial charge < -0.3 is 29.7 Å². The van der Waals surface area contributed by atoms with Crippen LogP contribution in [0.4, 0.5) is 0 Å². The molecule has 3 aliphatic rings. The van der Waals surface area contributed by atoms with Gasteiger partial charge in [-0.3, -0.25) is 19.2 Å². The van der Waals surface area contributed by atoms with Gasteiger partial charge in [0.25, 0.3) is 0 Å². The SMILES string of the molecule is C=CCCC(=O)NC[C@@H](C)OC(=O)[C@@H]1[C@H]2O[C@@]3(CC2Br)[C@H](C(=O)N(CC=C)C(C)C)N([C@@H](CC)CO)C(=O)[C@@H]13. The van der Waals surface area contributed by atoms with Crippen molar-refractivity contribution in [2.24, 2.45) is 11.8 Å². The molecule has 3 saturated heterocycles. The minimum atomic E-state index is -1.24. The van der Waals surface area contributed by atoms with E-state index >= 15 is 0 Å². The molecule has 3 heterocycles. The van der Waals surface area contributed by atoms with Crippen LogP contribution < -0.4 is 5.32 Å². The Morgan fingerprint density at radius 3 is 2.56 bits per heavy atom. The second-order valence-corrected chi connectivity index (χ2v) is 12.1. The van der Waals surface area contributed by atoms with Gasteiger partial charge in [0.15, 0.2) is 0 Å². The van der Waals surface area contributed by atoms with Gasteiger partial charge >= 0.3 is 5.97 Å². The Bertz CT molecular complexity index is 971. The summed E-state index contributed by atoms with van der Waals surface area (Å²) in [5, 5.41) is 12.9. The Labute approximate surface area is 239 Å². The lowest BCUT2D eigenvalue weighted by Gasteiger charge is -2.40. The highest BCUT2D eigenvalue weighted by atomic mass is 79.9. The number of likely N-dealkylation sites (tertiary alicyclic amines) is 1. The highest BCUT2D eigenvalue weighted by molar-refractivity contribution is 9.09. The number of nitrogens with one attached hydrogen (secondary N) is 1. The monoisotopic (exact) mass is 611 g/mol. The molecular formula is C28H42BrN3O7. The standard InChI is InChI=1S/C28H42BrN3O7/c1-7-10-11-20(34)30-14-17(6)38-27(37)21-22-25(35)32(18(9-3)15-33)24(26(36)31(12-8-2)16(4)5)28(22)13-19(29)23(21)39-28/h7-8,16-19,21-24,33H,1-2,9-15H2,3-6H3,(H,30,34)/t17-,18+,19?,21+,22-,23+,24+,28-/m1/s1. The predicted octanol–water partition coefficient (Wildman–Crippen LogP) is 1.94. The molecule has 2 bridgehead atoms. The molecule has 3 aliphatic heterocycles. The zero-order chi connectivity index (χ0) is 29.1. The van der Waals surface area contributed by atoms with Crippen LogP contribution in [0.2, 0.25) is 0 Å². The van der Waals surface area contributed by atoms with Crippen molar-refractivity contribution < 1.29 is 33.8 Å². The van der Waals surface area contributed by atoms with Gasteiger partial charge in [-0.05, 0) is 40.0 Å². The summed E-state index contributed by atoms with van der Waals surface area (Å²) in [5.74, 6) is -3.31. The van der Waals surface area contributed by atoms with Crippen molar-refractivity contribution in [1.29, 1.82) is 0 Å². The van der Waals surface area contributed by atoms with Crippen molar-refractivity contribution in [3.8, 4) is 0 Å². The number of rotatable bonds is 14. The van der Waals surface area contributed by atoms with Crippen LogP contribution in [0.25, 0.3) is 0 Å². The van der Waals surface area contributed by atoms with E-state index in [4.69, 9.17) is 9.47 Å². The quantitative estimate of drug-likeness (QED) is 0.175. The molecule has 10 nitrogen and oxygen atoms in total. The molecule has 11 heteroatoms. The van der Waals surface area contributed by atoms with E-state index in [1.165, 1.54) is 4.90 Å². The number of aliphatic hydroxyl groups excluding tert-OH is 1. The second-order valence-electron chi connectivity index (χ2n) is 10.9. The van der Waals surface area contributed by atoms with Gasteiger partial charge in [0, 0.05) is 23.8 Å². The van der Waals surface area contributed by atoms with Gasteiger partial charge in [0.05, 0.1) is 37.1 Å². The minimum absolute atomic E-state index is 0.127. The maximum absolute atomic E-state index is 14.1. The summed E-state index contributed by atoms with van der Waals surface area (Å²) in [5.41, 5.74) is -1.24. The van der Waals surface area contributed by atoms with Gasteiger partial charge in [0.1, 0.15) is 17.7 Å². The number of hydrogen-bond acceptors (Lipinski definition) is 7. The number of amides is 3. The zero-order valence-corrected chi connectivity index (χ0v) is 24.9. The van der Waals surface area contributed by atoms with Gasteiger partial charge in [0.2, 0.25) is 17.7 Å². The van der Waals surface area contributed by atoms with Crippen LogP contribution >= 0.6 is 15.9 Å². The summed E-state index contributed by atoms with van der Waals surface area (Å²) in [6.07, 6.45) is 3.63. The maximum Gasteiger partial charge on any atom is 0.312 e. The molecule has 8 atom stereocenters. The number of carbonyl (C=O) groups excluding carboxylic acids is 4. The topological polar surface area (TPSA) is 125 Å². The fourth-order valence-electron chi connectivity index (χ4n) is 6.17. The molecule has 2 N–H and O–H groups in total. The number of ether oxygens (including phenoxy) is 2. The lowest BCUT2D eigenvalue weighted by atomic mass is 9.70. The molecule has 0 radical (unpaired) electrons. The molecule has 3 rings (SSSR count). The third-order valence-corrected chi connectivity index (χ3v) is 8.87. The number of alkyl halides is 1. The third kappa shape index (κ3) is 5.81. The van der Waals surface area contributed by atoms with Crippen LogP contribution in [0.1, 0.15) is 53.4 Å². The number of aliphatic hydroxyl groups is 1. The normalized spacial score (nSPS) is 30.6. The number of nitrogens with zero attached hydrogens (tertiary/aromatic N) is 2. The number of esters is 1. The van der Waals surface area contributed by atoms with Crippen LogP contribution in [0.15, 0.2) is 25.3 Å². The molecule has 0 aliphatic carbocycles. The first-order chi connectivity index (χ1) is 18.5. The molecule has 0 aromatic carbocycles. The van der Waals surface area contributed by atoms with Crippen molar-refractivity contribution >= 4 is 39.6 Å². The van der Waals surface area contributed by atoms with Gasteiger partial charge in [-0.25, -0.2) is 0 Å². The van der Waals surface area contributed by atoms with Crippen molar-refractivity contribution in [3.05, 3.63) is 25.3 Å². The van der Waals surface area contributed by atoms with E-state index in [9.17, 15) is 24.3 Å². The van der Waals surface area contributed by atoms with Crippen molar-refractivity contribution in [1.82, 2.24) is 15.1 Å². The van der Waals surface area contributed by atoms with Crippen LogP contribution in [0.3, 0.4) is 0 Å². The third-order valence-electron chi connectivity index (χ3n) is 8.02. The summed E-state index contributed by atoms with van der Waals surface area (Å²) >= 11 is 3.64. The first-order valence-corrected chi connectivity index (χ1v) is 14.6. The zero-order valence-electron chi connectivity index (χ0n) is 23.3. The number of fused-ring (bicyclic) bond motifs is 1. The Balaban J connectivity index is 1.92. The van der Waals surface area contributed by atoms with Crippen LogP contribution in [-0.4, -0.2) is 99.1 Å². The fourth-order valence-corrected chi connectivity index (χ4v) is 7.11. The van der Waals surface area contributed by atoms with Crippen molar-refractivity contribution in [3.63, 3.8) is 0 Å². The molecule has 1 unspecified atom stereocenters. The van der Waals surface area contributed by atoms with Gasteiger partial charge in [-0.2, -0.15) is 0 Å². The van der Waals surface area contributed by atoms with Gasteiger partial charge in [-0.15, -0.1) is 13.2 Å². The Morgan fingerprint density at radius 2 is 2.00 bits per heavy atom. The van der Waals surface area contributed by atoms with E-state index < -0.39 is 47.7 Å². The lowest BCUT2D eigenvalue weighted by Crippen LogP contribution is -2.60. The lowest BCUT2D eigenvalue weighted by molar-refractivity contribution is -0.160. The summed E-state index contributed by atoms with van der Waals surface area (Å²) < 4.78 is 12.2. The van der Waals surface area contributed by atoms with Gasteiger partial charge in [-0.1, -0.05) is 35.0 Å². The largest absolute Gasteiger partial charge is 0.460 e. The highest BCUT2D eigenvalue weighted by Crippen LogP contribution is 2.60. The molecule has 0 saturated carbocycles. The number of allylic oxidation sites excluding steroid dienone is 1. The van der Waals surface area contributed by atoms with Crippen LogP contribution in [-0.2, 0) is 28.7 Å². The molecule has 218 valence electrons. The average molecular weight is 613 g/mol. The second kappa shape index (κ2) is 13.0. The summed E-state index contributed by atoms with van der Waals surface area (Å²) in [6, 6.07) is -1.78. The predicted molar refractivity (Wildman–Crippen MR) is 149 cm³/mol. The molecule has 0 aromatic heterocycles. The van der Waals surface area contributed by atoms with E-state index in [1.807, 2.05) is 20.8 Å². The molecule has 1 spiro atoms. The summed E-state index contributed by atoms with van der Waals surface area (Å²) in [6.45, 7) is 14.8.